The van der Waals surface area contributed by atoms with Crippen LogP contribution >= 0.6 is 22.9 Å². The first-order valence-electron chi connectivity index (χ1n) is 11.4. The molecule has 0 radical (unpaired) electrons. The number of nitrogens with zero attached hydrogens (tertiary/aromatic N) is 3. The predicted molar refractivity (Wildman–Crippen MR) is 135 cm³/mol. The molecule has 0 amide bonds. The summed E-state index contributed by atoms with van der Waals surface area (Å²) < 4.78 is 53.6. The fraction of sp³-hybridized carbons (Fsp3) is 0.619. The molecule has 0 bridgehead atoms. The second-order valence-electron chi connectivity index (χ2n) is 9.14. The van der Waals surface area contributed by atoms with E-state index in [1.54, 1.807) is 0 Å². The Morgan fingerprint density at radius 1 is 1.34 bits per heavy atom. The number of thioether (sulfide) groups is 1. The highest BCUT2D eigenvalue weighted by molar-refractivity contribution is 8.18. The number of hydrogen-bond donors (Lipinski definition) is 4. The fourth-order valence-electron chi connectivity index (χ4n) is 4.27. The average molecular weight is 546 g/mol. The lowest BCUT2D eigenvalue weighted by Crippen LogP contribution is -2.38. The maximum Gasteiger partial charge on any atom is 0.252 e. The van der Waals surface area contributed by atoms with Crippen LogP contribution in [0.25, 0.3) is 0 Å². The zero-order chi connectivity index (χ0) is 25.5. The van der Waals surface area contributed by atoms with E-state index in [9.17, 15) is 23.2 Å². The molecule has 0 spiro atoms. The Balaban J connectivity index is 1.56. The normalized spacial score (nSPS) is 22.9. The molecule has 14 heteroatoms. The molecule has 2 aromatic heterocycles. The van der Waals surface area contributed by atoms with Crippen LogP contribution in [0.4, 0.5) is 11.6 Å². The van der Waals surface area contributed by atoms with Crippen LogP contribution in [0, 0.1) is 19.8 Å². The first-order valence-corrected chi connectivity index (χ1v) is 14.9. The van der Waals surface area contributed by atoms with Gasteiger partial charge >= 0.3 is 0 Å². The van der Waals surface area contributed by atoms with Crippen LogP contribution in [0.2, 0.25) is 0 Å². The van der Waals surface area contributed by atoms with Gasteiger partial charge in [0.25, 0.3) is 10.0 Å². The summed E-state index contributed by atoms with van der Waals surface area (Å²) in [4.78, 5) is 0. The molecule has 3 unspecified atom stereocenters. The van der Waals surface area contributed by atoms with Crippen molar-refractivity contribution >= 4 is 44.6 Å². The number of aliphatic hydroxyl groups excluding tert-OH is 2. The lowest BCUT2D eigenvalue weighted by Gasteiger charge is -2.22. The predicted octanol–water partition coefficient (Wildman–Crippen LogP) is 3.26. The van der Waals surface area contributed by atoms with E-state index < -0.39 is 33.2 Å². The Bertz CT molecular complexity index is 1190. The van der Waals surface area contributed by atoms with E-state index in [0.29, 0.717) is 25.1 Å². The van der Waals surface area contributed by atoms with Crippen molar-refractivity contribution in [1.82, 2.24) is 13.1 Å². The Morgan fingerprint density at radius 3 is 2.69 bits per heavy atom. The minimum absolute atomic E-state index is 0.102. The molecule has 4 heterocycles. The van der Waals surface area contributed by atoms with E-state index in [0.717, 1.165) is 23.1 Å². The number of furan rings is 1. The van der Waals surface area contributed by atoms with Crippen LogP contribution < -0.4 is 10.6 Å². The van der Waals surface area contributed by atoms with Gasteiger partial charge in [0.15, 0.2) is 15.4 Å². The van der Waals surface area contributed by atoms with Crippen molar-refractivity contribution in [3.63, 3.8) is 0 Å². The third-order valence-corrected chi connectivity index (χ3v) is 10.7. The van der Waals surface area contributed by atoms with Crippen molar-refractivity contribution in [3.05, 3.63) is 33.1 Å². The zero-order valence-electron chi connectivity index (χ0n) is 20.0. The van der Waals surface area contributed by atoms with Crippen molar-refractivity contribution in [2.75, 3.05) is 29.5 Å². The molecule has 1 fully saturated rings. The maximum absolute atomic E-state index is 13.1. The monoisotopic (exact) mass is 545 g/mol. The highest BCUT2D eigenvalue weighted by Crippen LogP contribution is 2.40. The summed E-state index contributed by atoms with van der Waals surface area (Å²) in [5, 5.41) is 26.6. The van der Waals surface area contributed by atoms with Crippen LogP contribution in [0.15, 0.2) is 20.5 Å². The number of nitrogens with one attached hydrogen (secondary N) is 2. The van der Waals surface area contributed by atoms with Crippen molar-refractivity contribution in [2.24, 2.45) is 5.92 Å². The van der Waals surface area contributed by atoms with Gasteiger partial charge in [-0.05, 0) is 44.2 Å². The van der Waals surface area contributed by atoms with Crippen LogP contribution in [0.1, 0.15) is 49.8 Å². The third kappa shape index (κ3) is 5.18. The molecule has 11 nitrogen and oxygen atoms in total. The van der Waals surface area contributed by atoms with Gasteiger partial charge in [-0.2, -0.15) is 4.31 Å². The van der Waals surface area contributed by atoms with E-state index >= 15 is 0 Å². The van der Waals surface area contributed by atoms with Gasteiger partial charge < -0.3 is 29.8 Å². The van der Waals surface area contributed by atoms with Crippen molar-refractivity contribution in [1.29, 1.82) is 0 Å². The smallest absolute Gasteiger partial charge is 0.252 e. The molecule has 0 aliphatic carbocycles. The van der Waals surface area contributed by atoms with E-state index in [-0.39, 0.29) is 46.0 Å². The molecule has 2 aromatic rings. The van der Waals surface area contributed by atoms with E-state index in [4.69, 9.17) is 4.42 Å². The van der Waals surface area contributed by atoms with Crippen molar-refractivity contribution in [3.8, 4) is 0 Å². The summed E-state index contributed by atoms with van der Waals surface area (Å²) >= 11 is -0.832. The summed E-state index contributed by atoms with van der Waals surface area (Å²) in [6.45, 7) is 7.91. The Kier molecular flexibility index (Phi) is 7.69. The van der Waals surface area contributed by atoms with Gasteiger partial charge in [0.05, 0.1) is 18.7 Å². The van der Waals surface area contributed by atoms with Gasteiger partial charge in [-0.25, -0.2) is 8.42 Å². The average Bonchev–Trinajstić information content (AvgIpc) is 3.55. The molecule has 2 aliphatic rings. The quantitative estimate of drug-likeness (QED) is 0.342. The first-order chi connectivity index (χ1) is 16.5. The highest BCUT2D eigenvalue weighted by Gasteiger charge is 2.42. The molecule has 4 atom stereocenters. The number of aromatic nitrogens is 2. The molecular weight excluding hydrogens is 514 g/mol. The number of aryl methyl sites for hydroxylation is 2. The van der Waals surface area contributed by atoms with Gasteiger partial charge in [0.2, 0.25) is 11.6 Å². The maximum atomic E-state index is 13.1. The molecule has 194 valence electrons. The van der Waals surface area contributed by atoms with Crippen LogP contribution in [0.3, 0.4) is 0 Å². The number of anilines is 2. The van der Waals surface area contributed by atoms with Crippen LogP contribution in [-0.4, -0.2) is 67.2 Å². The topological polar surface area (TPSA) is 164 Å². The molecule has 4 rings (SSSR count). The van der Waals surface area contributed by atoms with E-state index in [1.165, 1.54) is 4.31 Å². The highest BCUT2D eigenvalue weighted by atomic mass is 32.3. The number of hydrogen-bond acceptors (Lipinski definition) is 11. The van der Waals surface area contributed by atoms with Crippen LogP contribution in [0.5, 0.6) is 0 Å². The zero-order valence-corrected chi connectivity index (χ0v) is 22.5. The van der Waals surface area contributed by atoms with Crippen molar-refractivity contribution < 1.29 is 27.6 Å². The Labute approximate surface area is 212 Å². The fourth-order valence-corrected chi connectivity index (χ4v) is 8.39. The lowest BCUT2D eigenvalue weighted by atomic mass is 10.0. The third-order valence-electron chi connectivity index (χ3n) is 6.32. The number of aliphatic hydroxyl groups is 2. The second kappa shape index (κ2) is 10.3. The van der Waals surface area contributed by atoms with Gasteiger partial charge in [-0.3, -0.25) is 0 Å². The number of rotatable bonds is 9. The lowest BCUT2D eigenvalue weighted by molar-refractivity contribution is 0.214. The Hall–Kier alpha value is -1.84. The summed E-state index contributed by atoms with van der Waals surface area (Å²) in [5.41, 5.74) is 1.02. The molecule has 0 aromatic carbocycles. The summed E-state index contributed by atoms with van der Waals surface area (Å²) in [7, 11) is -3.94. The summed E-state index contributed by atoms with van der Waals surface area (Å²) in [5.74, 6) is 1.97. The molecule has 35 heavy (non-hydrogen) atoms. The van der Waals surface area contributed by atoms with Crippen molar-refractivity contribution in [2.45, 2.75) is 58.7 Å². The largest absolute Gasteiger partial charge is 0.546 e. The molecule has 1 saturated heterocycles. The van der Waals surface area contributed by atoms with E-state index in [2.05, 4.69) is 19.4 Å². The van der Waals surface area contributed by atoms with E-state index in [1.807, 2.05) is 33.8 Å². The minimum Gasteiger partial charge on any atom is -0.546 e. The number of sulfonamides is 1. The molecule has 2 aliphatic heterocycles. The summed E-state index contributed by atoms with van der Waals surface area (Å²) in [6, 6.07) is 0.429. The van der Waals surface area contributed by atoms with Gasteiger partial charge in [-0.1, -0.05) is 13.8 Å². The molecule has 4 N–H and O–H groups in total. The molecule has 0 saturated carbocycles. The van der Waals surface area contributed by atoms with Crippen LogP contribution in [-0.2, 0) is 10.0 Å². The minimum atomic E-state index is -3.94. The Morgan fingerprint density at radius 2 is 2.06 bits per heavy atom. The van der Waals surface area contributed by atoms with Gasteiger partial charge in [0.1, 0.15) is 17.3 Å². The van der Waals surface area contributed by atoms with Gasteiger partial charge in [0, 0.05) is 27.1 Å². The first kappa shape index (κ1) is 26.2. The molecular formula is C21H31N5O6S3. The SMILES string of the molecule is Cc1cc([C@H](Nc2n[s+]([O-])nc2NC2CSC(S(=O)(=O)N3CCCC3CO)=C2O)C(C)C)oc1C. The summed E-state index contributed by atoms with van der Waals surface area (Å²) in [6.07, 6.45) is 1.24. The second-order valence-corrected chi connectivity index (χ2v) is 13.1. The van der Waals surface area contributed by atoms with Gasteiger partial charge in [-0.15, -0.1) is 11.8 Å². The standard InChI is InChI=1S/C21H31N5O6S3/c1-11(2)17(16-8-12(3)13(4)32-16)23-20-19(24-34(29)25-20)22-15-10-33-21(18(15)28)35(30,31)26-7-5-6-14(26)9-27/h8,11,14-15,17,27-28H,5-7,9-10H2,1-4H3,(H,22,24)(H,23,25)/t14?,15?,17-,34?/m1/s1.